The largest absolute Gasteiger partial charge is 0.489 e. The zero-order chi connectivity index (χ0) is 19.9. The van der Waals surface area contributed by atoms with Crippen LogP contribution in [-0.2, 0) is 6.61 Å². The first-order valence-corrected chi connectivity index (χ1v) is 10.6. The van der Waals surface area contributed by atoms with Gasteiger partial charge in [-0.2, -0.15) is 0 Å². The summed E-state index contributed by atoms with van der Waals surface area (Å²) in [7, 11) is 0. The van der Waals surface area contributed by atoms with Crippen LogP contribution in [0.4, 0.5) is 5.69 Å². The molecule has 0 aliphatic rings. The van der Waals surface area contributed by atoms with Crippen LogP contribution >= 0.6 is 23.1 Å². The van der Waals surface area contributed by atoms with Gasteiger partial charge in [0.05, 0.1) is 5.69 Å². The molecule has 4 rings (SSSR count). The van der Waals surface area contributed by atoms with Crippen LogP contribution in [0.25, 0.3) is 0 Å². The van der Waals surface area contributed by atoms with Crippen LogP contribution in [0.3, 0.4) is 0 Å². The SMILES string of the molecule is O=C(Nc1ccccc1Sc1nncs1)c1cccc(OCc2ccccc2)c1. The number of carbonyl (C=O) groups excluding carboxylic acids is 1. The lowest BCUT2D eigenvalue weighted by atomic mass is 10.2. The molecule has 0 saturated carbocycles. The van der Waals surface area contributed by atoms with Crippen LogP contribution in [0.1, 0.15) is 15.9 Å². The standard InChI is InChI=1S/C22H17N3O2S2/c26-21(24-19-11-4-5-12-20(19)29-22-25-23-15-28-22)17-9-6-10-18(13-17)27-14-16-7-2-1-3-8-16/h1-13,15H,14H2,(H,24,26). The van der Waals surface area contributed by atoms with Crippen LogP contribution in [-0.4, -0.2) is 16.1 Å². The molecule has 29 heavy (non-hydrogen) atoms. The third-order valence-corrected chi connectivity index (χ3v) is 5.87. The number of anilines is 1. The van der Waals surface area contributed by atoms with Gasteiger partial charge in [-0.3, -0.25) is 4.79 Å². The molecule has 5 nitrogen and oxygen atoms in total. The summed E-state index contributed by atoms with van der Waals surface area (Å²) >= 11 is 2.93. The van der Waals surface area contributed by atoms with E-state index in [0.717, 1.165) is 20.5 Å². The number of ether oxygens (including phenoxy) is 1. The summed E-state index contributed by atoms with van der Waals surface area (Å²) in [6.45, 7) is 0.452. The molecule has 0 spiro atoms. The summed E-state index contributed by atoms with van der Waals surface area (Å²) in [5.41, 5.74) is 4.02. The lowest BCUT2D eigenvalue weighted by Gasteiger charge is -2.11. The molecule has 3 aromatic carbocycles. The van der Waals surface area contributed by atoms with Crippen molar-refractivity contribution in [2.45, 2.75) is 15.8 Å². The second-order valence-corrected chi connectivity index (χ2v) is 8.18. The van der Waals surface area contributed by atoms with Gasteiger partial charge in [0.1, 0.15) is 17.9 Å². The molecule has 144 valence electrons. The highest BCUT2D eigenvalue weighted by Crippen LogP contribution is 2.34. The van der Waals surface area contributed by atoms with E-state index in [0.29, 0.717) is 17.9 Å². The van der Waals surface area contributed by atoms with Crippen molar-refractivity contribution in [3.63, 3.8) is 0 Å². The minimum Gasteiger partial charge on any atom is -0.489 e. The highest BCUT2D eigenvalue weighted by molar-refractivity contribution is 8.01. The number of nitrogens with zero attached hydrogens (tertiary/aromatic N) is 2. The molecule has 0 bridgehead atoms. The molecule has 0 saturated heterocycles. The second kappa shape index (κ2) is 9.36. The molecular formula is C22H17N3O2S2. The molecule has 0 fully saturated rings. The van der Waals surface area contributed by atoms with E-state index in [1.54, 1.807) is 17.6 Å². The molecule has 1 amide bonds. The molecule has 1 N–H and O–H groups in total. The molecule has 0 unspecified atom stereocenters. The Hall–Kier alpha value is -3.16. The summed E-state index contributed by atoms with van der Waals surface area (Å²) in [5.74, 6) is 0.457. The molecule has 7 heteroatoms. The van der Waals surface area contributed by atoms with Crippen LogP contribution in [0.15, 0.2) is 93.6 Å². The molecule has 1 heterocycles. The maximum Gasteiger partial charge on any atom is 0.255 e. The Bertz CT molecular complexity index is 1090. The van der Waals surface area contributed by atoms with Gasteiger partial charge < -0.3 is 10.1 Å². The normalized spacial score (nSPS) is 10.5. The molecular weight excluding hydrogens is 402 g/mol. The molecule has 0 aliphatic carbocycles. The predicted molar refractivity (Wildman–Crippen MR) is 116 cm³/mol. The molecule has 0 aliphatic heterocycles. The maximum absolute atomic E-state index is 12.8. The van der Waals surface area contributed by atoms with Gasteiger partial charge in [-0.1, -0.05) is 71.6 Å². The Morgan fingerprint density at radius 3 is 2.66 bits per heavy atom. The lowest BCUT2D eigenvalue weighted by Crippen LogP contribution is -2.12. The van der Waals surface area contributed by atoms with Gasteiger partial charge in [-0.25, -0.2) is 0 Å². The smallest absolute Gasteiger partial charge is 0.255 e. The topological polar surface area (TPSA) is 64.1 Å². The van der Waals surface area contributed by atoms with Gasteiger partial charge in [0.2, 0.25) is 0 Å². The number of hydrogen-bond acceptors (Lipinski definition) is 6. The summed E-state index contributed by atoms with van der Waals surface area (Å²) in [6, 6.07) is 24.7. The van der Waals surface area contributed by atoms with E-state index < -0.39 is 0 Å². The molecule has 0 radical (unpaired) electrons. The third-order valence-electron chi connectivity index (χ3n) is 4.02. The van der Waals surface area contributed by atoms with Crippen molar-refractivity contribution in [2.75, 3.05) is 5.32 Å². The summed E-state index contributed by atoms with van der Waals surface area (Å²) < 4.78 is 6.65. The van der Waals surface area contributed by atoms with Crippen molar-refractivity contribution in [1.29, 1.82) is 0 Å². The molecule has 1 aromatic heterocycles. The van der Waals surface area contributed by atoms with Gasteiger partial charge in [0, 0.05) is 10.5 Å². The van der Waals surface area contributed by atoms with Gasteiger partial charge in [-0.05, 0) is 35.9 Å². The van der Waals surface area contributed by atoms with E-state index in [2.05, 4.69) is 15.5 Å². The summed E-state index contributed by atoms with van der Waals surface area (Å²) in [4.78, 5) is 13.7. The lowest BCUT2D eigenvalue weighted by molar-refractivity contribution is 0.102. The second-order valence-electron chi connectivity index (χ2n) is 6.06. The third kappa shape index (κ3) is 5.22. The Morgan fingerprint density at radius 2 is 1.83 bits per heavy atom. The van der Waals surface area contributed by atoms with Crippen molar-refractivity contribution in [3.8, 4) is 5.75 Å². The van der Waals surface area contributed by atoms with Crippen molar-refractivity contribution in [3.05, 3.63) is 95.5 Å². The number of rotatable bonds is 7. The minimum absolute atomic E-state index is 0.194. The van der Waals surface area contributed by atoms with E-state index >= 15 is 0 Å². The van der Waals surface area contributed by atoms with Gasteiger partial charge in [-0.15, -0.1) is 10.2 Å². The Kier molecular flexibility index (Phi) is 6.19. The van der Waals surface area contributed by atoms with Crippen LogP contribution in [0.5, 0.6) is 5.75 Å². The van der Waals surface area contributed by atoms with Crippen LogP contribution in [0, 0.1) is 0 Å². The average molecular weight is 420 g/mol. The number of nitrogens with one attached hydrogen (secondary N) is 1. The van der Waals surface area contributed by atoms with Gasteiger partial charge in [0.15, 0.2) is 4.34 Å². The zero-order valence-corrected chi connectivity index (χ0v) is 17.0. The number of aromatic nitrogens is 2. The average Bonchev–Trinajstić information content (AvgIpc) is 3.28. The van der Waals surface area contributed by atoms with E-state index in [-0.39, 0.29) is 5.91 Å². The predicted octanol–water partition coefficient (Wildman–Crippen LogP) is 5.52. The highest BCUT2D eigenvalue weighted by Gasteiger charge is 2.12. The van der Waals surface area contributed by atoms with Crippen molar-refractivity contribution >= 4 is 34.7 Å². The number of amides is 1. The zero-order valence-electron chi connectivity index (χ0n) is 15.3. The van der Waals surface area contributed by atoms with E-state index in [4.69, 9.17) is 4.74 Å². The fourth-order valence-corrected chi connectivity index (χ4v) is 4.14. The first-order chi connectivity index (χ1) is 14.3. The number of benzene rings is 3. The first-order valence-electron chi connectivity index (χ1n) is 8.89. The van der Waals surface area contributed by atoms with E-state index in [9.17, 15) is 4.79 Å². The fraction of sp³-hybridized carbons (Fsp3) is 0.0455. The Morgan fingerprint density at radius 1 is 1.00 bits per heavy atom. The quantitative estimate of drug-likeness (QED) is 0.427. The van der Waals surface area contributed by atoms with Crippen LogP contribution < -0.4 is 10.1 Å². The van der Waals surface area contributed by atoms with Crippen molar-refractivity contribution < 1.29 is 9.53 Å². The van der Waals surface area contributed by atoms with Gasteiger partial charge in [0.25, 0.3) is 5.91 Å². The number of para-hydroxylation sites is 1. The monoisotopic (exact) mass is 419 g/mol. The number of hydrogen-bond donors (Lipinski definition) is 1. The highest BCUT2D eigenvalue weighted by atomic mass is 32.2. The molecule has 0 atom stereocenters. The Balaban J connectivity index is 1.45. The summed E-state index contributed by atoms with van der Waals surface area (Å²) in [6.07, 6.45) is 0. The fourth-order valence-electron chi connectivity index (χ4n) is 2.62. The van der Waals surface area contributed by atoms with Crippen LogP contribution in [0.2, 0.25) is 0 Å². The van der Waals surface area contributed by atoms with Crippen molar-refractivity contribution in [1.82, 2.24) is 10.2 Å². The number of carbonyl (C=O) groups is 1. The van der Waals surface area contributed by atoms with Crippen molar-refractivity contribution in [2.24, 2.45) is 0 Å². The van der Waals surface area contributed by atoms with E-state index in [1.807, 2.05) is 66.7 Å². The Labute approximate surface area is 176 Å². The van der Waals surface area contributed by atoms with E-state index in [1.165, 1.54) is 23.1 Å². The molecule has 4 aromatic rings. The first kappa shape index (κ1) is 19.2. The minimum atomic E-state index is -0.194. The van der Waals surface area contributed by atoms with Gasteiger partial charge >= 0.3 is 0 Å². The summed E-state index contributed by atoms with van der Waals surface area (Å²) in [5, 5.41) is 10.9. The maximum atomic E-state index is 12.8.